The number of allylic oxidation sites excluding steroid dienone is 2. The van der Waals surface area contributed by atoms with Crippen LogP contribution >= 0.6 is 0 Å². The van der Waals surface area contributed by atoms with Crippen LogP contribution in [0.4, 0.5) is 0 Å². The first-order valence-electron chi connectivity index (χ1n) is 4.44. The summed E-state index contributed by atoms with van der Waals surface area (Å²) >= 11 is 0. The van der Waals surface area contributed by atoms with Crippen LogP contribution < -0.4 is 0 Å². The van der Waals surface area contributed by atoms with Crippen LogP contribution in [0.25, 0.3) is 0 Å². The van der Waals surface area contributed by atoms with Gasteiger partial charge < -0.3 is 5.11 Å². The van der Waals surface area contributed by atoms with Gasteiger partial charge in [0, 0.05) is 6.61 Å². The molecule has 0 bridgehead atoms. The van der Waals surface area contributed by atoms with E-state index >= 15 is 0 Å². The molecular weight excluding hydrogens is 136 g/mol. The Morgan fingerprint density at radius 3 is 2.73 bits per heavy atom. The number of rotatable bonds is 2. The Kier molecular flexibility index (Phi) is 2.72. The van der Waals surface area contributed by atoms with E-state index in [0.29, 0.717) is 12.5 Å². The zero-order valence-corrected chi connectivity index (χ0v) is 7.51. The molecule has 0 radical (unpaired) electrons. The second kappa shape index (κ2) is 3.40. The molecule has 0 amide bonds. The van der Waals surface area contributed by atoms with E-state index in [4.69, 9.17) is 5.11 Å². The van der Waals surface area contributed by atoms with E-state index < -0.39 is 0 Å². The predicted octanol–water partition coefficient (Wildman–Crippen LogP) is 2.36. The van der Waals surface area contributed by atoms with Gasteiger partial charge in [-0.15, -0.1) is 0 Å². The molecule has 1 nitrogen and oxygen atoms in total. The van der Waals surface area contributed by atoms with Crippen molar-refractivity contribution < 1.29 is 5.11 Å². The van der Waals surface area contributed by atoms with Gasteiger partial charge in [-0.1, -0.05) is 26.0 Å². The lowest BCUT2D eigenvalue weighted by molar-refractivity contribution is 0.110. The summed E-state index contributed by atoms with van der Waals surface area (Å²) in [7, 11) is 0. The van der Waals surface area contributed by atoms with Crippen molar-refractivity contribution in [2.45, 2.75) is 33.1 Å². The van der Waals surface area contributed by atoms with Crippen molar-refractivity contribution in [3.05, 3.63) is 12.2 Å². The van der Waals surface area contributed by atoms with Gasteiger partial charge in [0.15, 0.2) is 0 Å². The SMILES string of the molecule is CC(C)(CO)C1C=CCCC1. The zero-order valence-electron chi connectivity index (χ0n) is 7.51. The molecule has 0 saturated carbocycles. The molecule has 0 aromatic heterocycles. The molecule has 1 unspecified atom stereocenters. The van der Waals surface area contributed by atoms with Crippen LogP contribution in [0.2, 0.25) is 0 Å². The first-order chi connectivity index (χ1) is 5.17. The van der Waals surface area contributed by atoms with E-state index in [2.05, 4.69) is 26.0 Å². The van der Waals surface area contributed by atoms with Crippen LogP contribution in [-0.2, 0) is 0 Å². The van der Waals surface area contributed by atoms with Crippen molar-refractivity contribution in [2.75, 3.05) is 6.61 Å². The Bertz CT molecular complexity index is 147. The summed E-state index contributed by atoms with van der Waals surface area (Å²) in [6, 6.07) is 0. The zero-order chi connectivity index (χ0) is 8.32. The van der Waals surface area contributed by atoms with Crippen molar-refractivity contribution in [3.8, 4) is 0 Å². The van der Waals surface area contributed by atoms with Crippen LogP contribution in [0.15, 0.2) is 12.2 Å². The average molecular weight is 154 g/mol. The standard InChI is InChI=1S/C10H18O/c1-10(2,8-11)9-6-4-3-5-7-9/h4,6,9,11H,3,5,7-8H2,1-2H3. The highest BCUT2D eigenvalue weighted by Crippen LogP contribution is 2.33. The summed E-state index contributed by atoms with van der Waals surface area (Å²) in [6.07, 6.45) is 8.25. The molecule has 0 aromatic rings. The molecule has 1 atom stereocenters. The molecule has 0 fully saturated rings. The fourth-order valence-corrected chi connectivity index (χ4v) is 1.58. The van der Waals surface area contributed by atoms with Gasteiger partial charge in [-0.25, -0.2) is 0 Å². The molecule has 0 heterocycles. The van der Waals surface area contributed by atoms with Crippen LogP contribution in [-0.4, -0.2) is 11.7 Å². The topological polar surface area (TPSA) is 20.2 Å². The molecule has 1 aliphatic rings. The minimum absolute atomic E-state index is 0.0803. The summed E-state index contributed by atoms with van der Waals surface area (Å²) in [4.78, 5) is 0. The van der Waals surface area contributed by atoms with Crippen LogP contribution in [0.5, 0.6) is 0 Å². The molecule has 11 heavy (non-hydrogen) atoms. The van der Waals surface area contributed by atoms with Gasteiger partial charge in [-0.2, -0.15) is 0 Å². The second-order valence-corrected chi connectivity index (χ2v) is 4.11. The Morgan fingerprint density at radius 2 is 2.27 bits per heavy atom. The van der Waals surface area contributed by atoms with Gasteiger partial charge in [0.25, 0.3) is 0 Å². The fraction of sp³-hybridized carbons (Fsp3) is 0.800. The number of hydrogen-bond acceptors (Lipinski definition) is 1. The monoisotopic (exact) mass is 154 g/mol. The smallest absolute Gasteiger partial charge is 0.0487 e. The largest absolute Gasteiger partial charge is 0.396 e. The van der Waals surface area contributed by atoms with Gasteiger partial charge in [-0.3, -0.25) is 0 Å². The maximum Gasteiger partial charge on any atom is 0.0487 e. The van der Waals surface area contributed by atoms with Crippen molar-refractivity contribution in [2.24, 2.45) is 11.3 Å². The Labute approximate surface area is 69.1 Å². The van der Waals surface area contributed by atoms with E-state index in [1.54, 1.807) is 0 Å². The minimum atomic E-state index is 0.0803. The van der Waals surface area contributed by atoms with E-state index in [9.17, 15) is 0 Å². The number of aliphatic hydroxyl groups excluding tert-OH is 1. The highest BCUT2D eigenvalue weighted by molar-refractivity contribution is 4.98. The molecule has 0 aliphatic heterocycles. The third-order valence-corrected chi connectivity index (χ3v) is 2.67. The Balaban J connectivity index is 2.57. The average Bonchev–Trinajstić information content (AvgIpc) is 2.06. The predicted molar refractivity (Wildman–Crippen MR) is 47.3 cm³/mol. The van der Waals surface area contributed by atoms with Crippen molar-refractivity contribution in [1.29, 1.82) is 0 Å². The molecule has 1 heteroatoms. The Morgan fingerprint density at radius 1 is 1.55 bits per heavy atom. The van der Waals surface area contributed by atoms with Gasteiger partial charge >= 0.3 is 0 Å². The number of aliphatic hydroxyl groups is 1. The molecule has 64 valence electrons. The van der Waals surface area contributed by atoms with Gasteiger partial charge in [-0.05, 0) is 30.6 Å². The summed E-state index contributed by atoms with van der Waals surface area (Å²) in [5.41, 5.74) is 0.0803. The minimum Gasteiger partial charge on any atom is -0.396 e. The molecule has 0 saturated heterocycles. The third-order valence-electron chi connectivity index (χ3n) is 2.67. The maximum atomic E-state index is 9.11. The van der Waals surface area contributed by atoms with E-state index in [-0.39, 0.29) is 5.41 Å². The summed E-state index contributed by atoms with van der Waals surface area (Å²) in [5, 5.41) is 9.11. The van der Waals surface area contributed by atoms with E-state index in [1.807, 2.05) is 0 Å². The first kappa shape index (κ1) is 8.79. The summed E-state index contributed by atoms with van der Waals surface area (Å²) < 4.78 is 0. The third kappa shape index (κ3) is 2.06. The quantitative estimate of drug-likeness (QED) is 0.605. The van der Waals surface area contributed by atoms with Gasteiger partial charge in [0.05, 0.1) is 0 Å². The maximum absolute atomic E-state index is 9.11. The van der Waals surface area contributed by atoms with Crippen molar-refractivity contribution in [1.82, 2.24) is 0 Å². The lowest BCUT2D eigenvalue weighted by atomic mass is 9.75. The summed E-state index contributed by atoms with van der Waals surface area (Å²) in [6.45, 7) is 4.56. The molecule has 0 aromatic carbocycles. The lowest BCUT2D eigenvalue weighted by Crippen LogP contribution is -2.27. The van der Waals surface area contributed by atoms with Crippen LogP contribution in [0.3, 0.4) is 0 Å². The summed E-state index contributed by atoms with van der Waals surface area (Å²) in [5.74, 6) is 0.584. The number of hydrogen-bond donors (Lipinski definition) is 1. The van der Waals surface area contributed by atoms with Gasteiger partial charge in [0.1, 0.15) is 0 Å². The van der Waals surface area contributed by atoms with E-state index in [0.717, 1.165) is 0 Å². The van der Waals surface area contributed by atoms with Crippen molar-refractivity contribution in [3.63, 3.8) is 0 Å². The molecule has 1 N–H and O–H groups in total. The lowest BCUT2D eigenvalue weighted by Gasteiger charge is -2.32. The fourth-order valence-electron chi connectivity index (χ4n) is 1.58. The highest BCUT2D eigenvalue weighted by atomic mass is 16.3. The van der Waals surface area contributed by atoms with E-state index in [1.165, 1.54) is 19.3 Å². The first-order valence-corrected chi connectivity index (χ1v) is 4.44. The molecule has 0 spiro atoms. The highest BCUT2D eigenvalue weighted by Gasteiger charge is 2.27. The molecule has 1 aliphatic carbocycles. The van der Waals surface area contributed by atoms with Crippen molar-refractivity contribution >= 4 is 0 Å². The molecule has 1 rings (SSSR count). The van der Waals surface area contributed by atoms with Gasteiger partial charge in [0.2, 0.25) is 0 Å². The van der Waals surface area contributed by atoms with Crippen LogP contribution in [0, 0.1) is 11.3 Å². The second-order valence-electron chi connectivity index (χ2n) is 4.11. The normalized spacial score (nSPS) is 25.5. The Hall–Kier alpha value is -0.300. The van der Waals surface area contributed by atoms with Crippen LogP contribution in [0.1, 0.15) is 33.1 Å². The molecular formula is C10H18O.